The van der Waals surface area contributed by atoms with Gasteiger partial charge in [-0.2, -0.15) is 26.3 Å². The molecule has 158 valence electrons. The SMILES string of the molecule is CN(Cc1cccc(C(F)(F)F)c1)C1CCN(c2nccc(C(F)(F)F)n2)CC1. The summed E-state index contributed by atoms with van der Waals surface area (Å²) < 4.78 is 77.1. The van der Waals surface area contributed by atoms with Crippen LogP contribution in [0.3, 0.4) is 0 Å². The van der Waals surface area contributed by atoms with Crippen molar-refractivity contribution in [1.29, 1.82) is 0 Å². The molecule has 2 heterocycles. The lowest BCUT2D eigenvalue weighted by Crippen LogP contribution is -2.43. The lowest BCUT2D eigenvalue weighted by molar-refractivity contribution is -0.141. The first kappa shape index (κ1) is 21.4. The molecular formula is C19H20F6N4. The molecule has 0 radical (unpaired) electrons. The molecule has 3 rings (SSSR count). The number of hydrogen-bond acceptors (Lipinski definition) is 4. The number of halogens is 6. The summed E-state index contributed by atoms with van der Waals surface area (Å²) in [6, 6.07) is 6.15. The molecule has 1 aliphatic rings. The average molecular weight is 418 g/mol. The Morgan fingerprint density at radius 2 is 1.72 bits per heavy atom. The summed E-state index contributed by atoms with van der Waals surface area (Å²) in [6.07, 6.45) is -6.52. The predicted octanol–water partition coefficient (Wildman–Crippen LogP) is 4.62. The van der Waals surface area contributed by atoms with Crippen LogP contribution < -0.4 is 4.90 Å². The van der Waals surface area contributed by atoms with Gasteiger partial charge >= 0.3 is 12.4 Å². The minimum Gasteiger partial charge on any atom is -0.341 e. The summed E-state index contributed by atoms with van der Waals surface area (Å²) in [5.41, 5.74) is -1.10. The van der Waals surface area contributed by atoms with Crippen LogP contribution in [0.1, 0.15) is 29.7 Å². The van der Waals surface area contributed by atoms with E-state index in [0.29, 0.717) is 38.0 Å². The Morgan fingerprint density at radius 1 is 1.03 bits per heavy atom. The number of hydrogen-bond donors (Lipinski definition) is 0. The van der Waals surface area contributed by atoms with Crippen molar-refractivity contribution >= 4 is 5.95 Å². The second-order valence-corrected chi connectivity index (χ2v) is 7.07. The summed E-state index contributed by atoms with van der Waals surface area (Å²) in [5, 5.41) is 0. The second-order valence-electron chi connectivity index (χ2n) is 7.07. The fourth-order valence-electron chi connectivity index (χ4n) is 3.43. The highest BCUT2D eigenvalue weighted by Gasteiger charge is 2.34. The van der Waals surface area contributed by atoms with E-state index in [1.807, 2.05) is 11.9 Å². The Labute approximate surface area is 164 Å². The maximum absolute atomic E-state index is 12.9. The van der Waals surface area contributed by atoms with E-state index in [2.05, 4.69) is 9.97 Å². The number of rotatable bonds is 4. The average Bonchev–Trinajstić information content (AvgIpc) is 2.67. The Kier molecular flexibility index (Phi) is 6.02. The van der Waals surface area contributed by atoms with Gasteiger partial charge in [0.2, 0.25) is 5.95 Å². The summed E-state index contributed by atoms with van der Waals surface area (Å²) >= 11 is 0. The molecule has 1 fully saturated rings. The normalized spacial score (nSPS) is 16.5. The molecule has 0 saturated carbocycles. The Hall–Kier alpha value is -2.36. The summed E-state index contributed by atoms with van der Waals surface area (Å²) in [4.78, 5) is 11.2. The van der Waals surface area contributed by atoms with E-state index in [9.17, 15) is 26.3 Å². The number of nitrogens with zero attached hydrogens (tertiary/aromatic N) is 4. The quantitative estimate of drug-likeness (QED) is 0.679. The molecule has 1 aromatic heterocycles. The van der Waals surface area contributed by atoms with Crippen LogP contribution in [0.5, 0.6) is 0 Å². The highest BCUT2D eigenvalue weighted by Crippen LogP contribution is 2.31. The van der Waals surface area contributed by atoms with Crippen molar-refractivity contribution in [3.63, 3.8) is 0 Å². The van der Waals surface area contributed by atoms with Gasteiger partial charge in [0.15, 0.2) is 0 Å². The first-order chi connectivity index (χ1) is 13.5. The third-order valence-corrected chi connectivity index (χ3v) is 4.99. The zero-order chi connectivity index (χ0) is 21.2. The lowest BCUT2D eigenvalue weighted by atomic mass is 10.0. The summed E-state index contributed by atoms with van der Waals surface area (Å²) in [6.45, 7) is 1.30. The molecule has 2 aromatic rings. The van der Waals surface area contributed by atoms with Gasteiger partial charge in [0.25, 0.3) is 0 Å². The van der Waals surface area contributed by atoms with Crippen molar-refractivity contribution in [2.24, 2.45) is 0 Å². The van der Waals surface area contributed by atoms with E-state index in [1.165, 1.54) is 6.07 Å². The smallest absolute Gasteiger partial charge is 0.341 e. The van der Waals surface area contributed by atoms with E-state index >= 15 is 0 Å². The minimum absolute atomic E-state index is 0.0406. The number of benzene rings is 1. The molecule has 0 aliphatic carbocycles. The third-order valence-electron chi connectivity index (χ3n) is 4.99. The largest absolute Gasteiger partial charge is 0.433 e. The van der Waals surface area contributed by atoms with Crippen LogP contribution in [0.4, 0.5) is 32.3 Å². The van der Waals surface area contributed by atoms with Gasteiger partial charge < -0.3 is 4.90 Å². The molecule has 29 heavy (non-hydrogen) atoms. The van der Waals surface area contributed by atoms with Gasteiger partial charge in [-0.05, 0) is 37.6 Å². The van der Waals surface area contributed by atoms with Crippen molar-refractivity contribution in [2.45, 2.75) is 37.8 Å². The predicted molar refractivity (Wildman–Crippen MR) is 95.2 cm³/mol. The second kappa shape index (κ2) is 8.17. The van der Waals surface area contributed by atoms with Crippen LogP contribution in [0.2, 0.25) is 0 Å². The van der Waals surface area contributed by atoms with E-state index in [0.717, 1.165) is 24.4 Å². The molecule has 0 atom stereocenters. The van der Waals surface area contributed by atoms with Crippen LogP contribution in [-0.2, 0) is 18.9 Å². The number of piperidine rings is 1. The minimum atomic E-state index is -4.53. The lowest BCUT2D eigenvalue weighted by Gasteiger charge is -2.37. The van der Waals surface area contributed by atoms with Gasteiger partial charge in [-0.1, -0.05) is 18.2 Å². The van der Waals surface area contributed by atoms with Crippen molar-refractivity contribution in [1.82, 2.24) is 14.9 Å². The van der Waals surface area contributed by atoms with Crippen molar-refractivity contribution in [3.8, 4) is 0 Å². The fraction of sp³-hybridized carbons (Fsp3) is 0.474. The van der Waals surface area contributed by atoms with E-state index in [1.54, 1.807) is 11.0 Å². The van der Waals surface area contributed by atoms with Gasteiger partial charge in [0.05, 0.1) is 5.56 Å². The van der Waals surface area contributed by atoms with Crippen molar-refractivity contribution in [2.75, 3.05) is 25.0 Å². The van der Waals surface area contributed by atoms with Gasteiger partial charge in [-0.15, -0.1) is 0 Å². The topological polar surface area (TPSA) is 32.3 Å². The molecule has 0 bridgehead atoms. The highest BCUT2D eigenvalue weighted by molar-refractivity contribution is 5.32. The van der Waals surface area contributed by atoms with Crippen LogP contribution in [0, 0.1) is 0 Å². The Bertz CT molecular complexity index is 828. The standard InChI is InChI=1S/C19H20F6N4/c1-28(12-13-3-2-4-14(11-13)18(20,21)22)15-6-9-29(10-7-15)17-26-8-5-16(27-17)19(23,24)25/h2-5,8,11,15H,6-7,9-10,12H2,1H3. The van der Waals surface area contributed by atoms with E-state index in [-0.39, 0.29) is 12.0 Å². The Morgan fingerprint density at radius 3 is 2.34 bits per heavy atom. The monoisotopic (exact) mass is 418 g/mol. The zero-order valence-electron chi connectivity index (χ0n) is 15.6. The molecular weight excluding hydrogens is 398 g/mol. The molecule has 0 spiro atoms. The number of anilines is 1. The Balaban J connectivity index is 1.60. The van der Waals surface area contributed by atoms with Gasteiger partial charge in [0, 0.05) is 31.9 Å². The molecule has 10 heteroatoms. The maximum atomic E-state index is 12.9. The van der Waals surface area contributed by atoms with Gasteiger partial charge in [-0.25, -0.2) is 9.97 Å². The molecule has 4 nitrogen and oxygen atoms in total. The summed E-state index contributed by atoms with van der Waals surface area (Å²) in [5.74, 6) is 0.0406. The zero-order valence-corrected chi connectivity index (χ0v) is 15.6. The summed E-state index contributed by atoms with van der Waals surface area (Å²) in [7, 11) is 1.83. The fourth-order valence-corrected chi connectivity index (χ4v) is 3.43. The van der Waals surface area contributed by atoms with Crippen molar-refractivity contribution in [3.05, 3.63) is 53.3 Å². The maximum Gasteiger partial charge on any atom is 0.433 e. The van der Waals surface area contributed by atoms with Crippen LogP contribution in [0.25, 0.3) is 0 Å². The van der Waals surface area contributed by atoms with Gasteiger partial charge in [-0.3, -0.25) is 4.90 Å². The molecule has 0 unspecified atom stereocenters. The van der Waals surface area contributed by atoms with Crippen LogP contribution >= 0.6 is 0 Å². The molecule has 1 aromatic carbocycles. The van der Waals surface area contributed by atoms with Crippen molar-refractivity contribution < 1.29 is 26.3 Å². The first-order valence-corrected chi connectivity index (χ1v) is 9.05. The molecule has 0 N–H and O–H groups in total. The van der Waals surface area contributed by atoms with Crippen LogP contribution in [-0.4, -0.2) is 41.0 Å². The molecule has 1 aliphatic heterocycles. The number of alkyl halides is 6. The van der Waals surface area contributed by atoms with Crippen LogP contribution in [0.15, 0.2) is 36.5 Å². The van der Waals surface area contributed by atoms with E-state index < -0.39 is 23.6 Å². The molecule has 0 amide bonds. The third kappa shape index (κ3) is 5.37. The molecule has 1 saturated heterocycles. The number of aromatic nitrogens is 2. The van der Waals surface area contributed by atoms with Gasteiger partial charge in [0.1, 0.15) is 5.69 Å². The van der Waals surface area contributed by atoms with E-state index in [4.69, 9.17) is 0 Å². The first-order valence-electron chi connectivity index (χ1n) is 9.05. The highest BCUT2D eigenvalue weighted by atomic mass is 19.4.